The van der Waals surface area contributed by atoms with Crippen molar-refractivity contribution in [3.8, 4) is 11.5 Å². The van der Waals surface area contributed by atoms with Crippen LogP contribution in [0.2, 0.25) is 0 Å². The normalized spacial score (nSPS) is 21.8. The Bertz CT molecular complexity index is 777. The quantitative estimate of drug-likeness (QED) is 0.592. The summed E-state index contributed by atoms with van der Waals surface area (Å²) >= 11 is 0. The van der Waals surface area contributed by atoms with E-state index in [2.05, 4.69) is 10.6 Å². The van der Waals surface area contributed by atoms with E-state index in [-0.39, 0.29) is 24.6 Å². The average molecular weight is 390 g/mol. The van der Waals surface area contributed by atoms with Crippen LogP contribution in [-0.4, -0.2) is 52.5 Å². The Kier molecular flexibility index (Phi) is 6.41. The zero-order valence-corrected chi connectivity index (χ0v) is 16.6. The van der Waals surface area contributed by atoms with Gasteiger partial charge in [-0.2, -0.15) is 0 Å². The SMILES string of the molecule is CCOC(=O)C1=C(C[NH+]2CCC[C@H]2c2cc(OC)ccc2OC)NC(=O)NC1. The molecule has 0 bridgehead atoms. The van der Waals surface area contributed by atoms with Gasteiger partial charge in [0.25, 0.3) is 0 Å². The van der Waals surface area contributed by atoms with Gasteiger partial charge in [0, 0.05) is 12.8 Å². The molecule has 0 saturated carbocycles. The van der Waals surface area contributed by atoms with Crippen LogP contribution in [0.15, 0.2) is 29.5 Å². The first-order valence-electron chi connectivity index (χ1n) is 9.57. The molecule has 0 spiro atoms. The number of carbonyl (C=O) groups is 2. The minimum Gasteiger partial charge on any atom is -0.497 e. The van der Waals surface area contributed by atoms with Gasteiger partial charge >= 0.3 is 12.0 Å². The Morgan fingerprint density at radius 2 is 2.11 bits per heavy atom. The molecule has 152 valence electrons. The first kappa shape index (κ1) is 20.0. The van der Waals surface area contributed by atoms with E-state index in [9.17, 15) is 9.59 Å². The maximum atomic E-state index is 12.3. The van der Waals surface area contributed by atoms with Gasteiger partial charge in [-0.1, -0.05) is 0 Å². The van der Waals surface area contributed by atoms with Crippen LogP contribution in [0.4, 0.5) is 4.79 Å². The fourth-order valence-corrected chi connectivity index (χ4v) is 3.93. The average Bonchev–Trinajstić information content (AvgIpc) is 3.15. The molecule has 0 radical (unpaired) electrons. The van der Waals surface area contributed by atoms with Gasteiger partial charge in [-0.3, -0.25) is 0 Å². The second-order valence-electron chi connectivity index (χ2n) is 6.87. The number of benzene rings is 1. The number of hydrogen-bond donors (Lipinski definition) is 3. The highest BCUT2D eigenvalue weighted by molar-refractivity contribution is 5.93. The van der Waals surface area contributed by atoms with E-state index < -0.39 is 0 Å². The van der Waals surface area contributed by atoms with E-state index in [1.165, 1.54) is 4.90 Å². The van der Waals surface area contributed by atoms with E-state index in [1.54, 1.807) is 21.1 Å². The first-order chi connectivity index (χ1) is 13.6. The summed E-state index contributed by atoms with van der Waals surface area (Å²) in [5.41, 5.74) is 2.19. The minimum absolute atomic E-state index is 0.181. The van der Waals surface area contributed by atoms with Crippen molar-refractivity contribution < 1.29 is 28.7 Å². The summed E-state index contributed by atoms with van der Waals surface area (Å²) < 4.78 is 16.1. The van der Waals surface area contributed by atoms with Crippen LogP contribution >= 0.6 is 0 Å². The predicted molar refractivity (Wildman–Crippen MR) is 102 cm³/mol. The zero-order valence-electron chi connectivity index (χ0n) is 16.6. The minimum atomic E-state index is -0.390. The van der Waals surface area contributed by atoms with Crippen LogP contribution < -0.4 is 25.0 Å². The number of likely N-dealkylation sites (tertiary alicyclic amines) is 1. The fraction of sp³-hybridized carbons (Fsp3) is 0.500. The molecule has 8 nitrogen and oxygen atoms in total. The molecule has 2 aliphatic rings. The summed E-state index contributed by atoms with van der Waals surface area (Å²) in [7, 11) is 3.31. The van der Waals surface area contributed by atoms with Crippen molar-refractivity contribution >= 4 is 12.0 Å². The summed E-state index contributed by atoms with van der Waals surface area (Å²) in [6.45, 7) is 3.72. The van der Waals surface area contributed by atoms with Gasteiger partial charge in [-0.15, -0.1) is 0 Å². The van der Waals surface area contributed by atoms with Crippen LogP contribution in [0.5, 0.6) is 11.5 Å². The molecule has 2 atom stereocenters. The zero-order chi connectivity index (χ0) is 20.1. The van der Waals surface area contributed by atoms with Crippen molar-refractivity contribution in [2.75, 3.05) is 40.5 Å². The van der Waals surface area contributed by atoms with Crippen LogP contribution in [0.3, 0.4) is 0 Å². The first-order valence-corrected chi connectivity index (χ1v) is 9.57. The van der Waals surface area contributed by atoms with Crippen molar-refractivity contribution in [3.05, 3.63) is 35.0 Å². The maximum absolute atomic E-state index is 12.3. The summed E-state index contributed by atoms with van der Waals surface area (Å²) in [6.07, 6.45) is 2.04. The number of amides is 2. The molecule has 1 fully saturated rings. The summed E-state index contributed by atoms with van der Waals surface area (Å²) in [4.78, 5) is 25.4. The Morgan fingerprint density at radius 1 is 1.29 bits per heavy atom. The van der Waals surface area contributed by atoms with Gasteiger partial charge in [-0.05, 0) is 25.1 Å². The molecule has 1 aromatic rings. The van der Waals surface area contributed by atoms with Crippen LogP contribution in [-0.2, 0) is 9.53 Å². The molecule has 0 aliphatic carbocycles. The maximum Gasteiger partial charge on any atom is 0.337 e. The van der Waals surface area contributed by atoms with Gasteiger partial charge in [0.15, 0.2) is 0 Å². The number of carbonyl (C=O) groups excluding carboxylic acids is 2. The van der Waals surface area contributed by atoms with Crippen molar-refractivity contribution in [1.29, 1.82) is 0 Å². The fourth-order valence-electron chi connectivity index (χ4n) is 3.93. The largest absolute Gasteiger partial charge is 0.497 e. The number of hydrogen-bond acceptors (Lipinski definition) is 5. The lowest BCUT2D eigenvalue weighted by Gasteiger charge is -2.27. The number of esters is 1. The highest BCUT2D eigenvalue weighted by Crippen LogP contribution is 2.31. The topological polar surface area (TPSA) is 90.3 Å². The van der Waals surface area contributed by atoms with E-state index in [0.717, 1.165) is 36.4 Å². The summed E-state index contributed by atoms with van der Waals surface area (Å²) in [5, 5.41) is 5.46. The standard InChI is InChI=1S/C20H27N3O5/c1-4-28-19(24)15-11-21-20(25)22-16(15)12-23-9-5-6-17(23)14-10-13(26-2)7-8-18(14)27-3/h7-8,10,17H,4-6,9,11-12H2,1-3H3,(H2,21,22,25)/p+1/t17-/m0/s1. The Hall–Kier alpha value is -2.74. The van der Waals surface area contributed by atoms with E-state index in [4.69, 9.17) is 14.2 Å². The van der Waals surface area contributed by atoms with Crippen LogP contribution in [0.1, 0.15) is 31.4 Å². The van der Waals surface area contributed by atoms with Crippen LogP contribution in [0.25, 0.3) is 0 Å². The molecule has 1 aromatic carbocycles. The van der Waals surface area contributed by atoms with Gasteiger partial charge < -0.3 is 29.7 Å². The summed E-state index contributed by atoms with van der Waals surface area (Å²) in [5.74, 6) is 1.21. The highest BCUT2D eigenvalue weighted by atomic mass is 16.5. The number of quaternary nitrogens is 1. The van der Waals surface area contributed by atoms with Gasteiger partial charge in [0.2, 0.25) is 0 Å². The number of methoxy groups -OCH3 is 2. The number of nitrogens with one attached hydrogen (secondary N) is 3. The molecular weight excluding hydrogens is 362 g/mol. The second kappa shape index (κ2) is 8.97. The summed E-state index contributed by atoms with van der Waals surface area (Å²) in [6, 6.07) is 5.70. The van der Waals surface area contributed by atoms with E-state index in [1.807, 2.05) is 18.2 Å². The Morgan fingerprint density at radius 3 is 2.82 bits per heavy atom. The molecule has 8 heteroatoms. The highest BCUT2D eigenvalue weighted by Gasteiger charge is 2.35. The van der Waals surface area contributed by atoms with E-state index >= 15 is 0 Å². The van der Waals surface area contributed by atoms with Crippen molar-refractivity contribution in [2.24, 2.45) is 0 Å². The predicted octanol–water partition coefficient (Wildman–Crippen LogP) is 0.554. The Labute approximate surface area is 164 Å². The second-order valence-corrected chi connectivity index (χ2v) is 6.87. The Balaban J connectivity index is 1.88. The molecule has 3 rings (SSSR count). The molecular formula is C20H28N3O5+. The smallest absolute Gasteiger partial charge is 0.337 e. The molecule has 2 amide bonds. The molecule has 28 heavy (non-hydrogen) atoms. The molecule has 1 unspecified atom stereocenters. The van der Waals surface area contributed by atoms with Crippen molar-refractivity contribution in [2.45, 2.75) is 25.8 Å². The molecule has 3 N–H and O–H groups in total. The van der Waals surface area contributed by atoms with Gasteiger partial charge in [-0.25, -0.2) is 9.59 Å². The number of urea groups is 1. The molecule has 0 aromatic heterocycles. The van der Waals surface area contributed by atoms with Crippen molar-refractivity contribution in [3.63, 3.8) is 0 Å². The third kappa shape index (κ3) is 4.22. The number of ether oxygens (including phenoxy) is 3. The lowest BCUT2D eigenvalue weighted by Crippen LogP contribution is -3.10. The van der Waals surface area contributed by atoms with Gasteiger partial charge in [0.1, 0.15) is 24.1 Å². The lowest BCUT2D eigenvalue weighted by atomic mass is 10.0. The van der Waals surface area contributed by atoms with Crippen LogP contribution in [0, 0.1) is 0 Å². The van der Waals surface area contributed by atoms with E-state index in [0.29, 0.717) is 24.4 Å². The van der Waals surface area contributed by atoms with Crippen molar-refractivity contribution in [1.82, 2.24) is 10.6 Å². The molecule has 2 heterocycles. The third-order valence-corrected chi connectivity index (χ3v) is 5.28. The molecule has 1 saturated heterocycles. The number of rotatable bonds is 7. The van der Waals surface area contributed by atoms with Gasteiger partial charge in [0.05, 0.1) is 50.7 Å². The molecule has 2 aliphatic heterocycles. The third-order valence-electron chi connectivity index (χ3n) is 5.28. The monoisotopic (exact) mass is 390 g/mol. The lowest BCUT2D eigenvalue weighted by molar-refractivity contribution is -0.914.